The highest BCUT2D eigenvalue weighted by atomic mass is 32.2. The van der Waals surface area contributed by atoms with Gasteiger partial charge in [-0.25, -0.2) is 8.42 Å². The number of hydrogen-bond acceptors (Lipinski definition) is 9. The molecule has 0 bridgehead atoms. The number of nitrogens with zero attached hydrogens (tertiary/aromatic N) is 4. The number of sulfonamides is 1. The van der Waals surface area contributed by atoms with Crippen molar-refractivity contribution in [2.45, 2.75) is 37.4 Å². The van der Waals surface area contributed by atoms with Crippen LogP contribution in [0, 0.1) is 13.8 Å². The highest BCUT2D eigenvalue weighted by molar-refractivity contribution is 7.92. The molecule has 146 valence electrons. The summed E-state index contributed by atoms with van der Waals surface area (Å²) in [5, 5.41) is 11.8. The average Bonchev–Trinajstić information content (AvgIpc) is 3.23. The van der Waals surface area contributed by atoms with Crippen molar-refractivity contribution < 1.29 is 22.4 Å². The van der Waals surface area contributed by atoms with Gasteiger partial charge in [-0.05, 0) is 26.0 Å². The maximum atomic E-state index is 12.5. The third-order valence-corrected chi connectivity index (χ3v) is 6.39. The minimum atomic E-state index is -3.84. The van der Waals surface area contributed by atoms with Gasteiger partial charge in [0.05, 0.1) is 13.2 Å². The molecule has 0 aromatic carbocycles. The Morgan fingerprint density at radius 1 is 1.11 bits per heavy atom. The van der Waals surface area contributed by atoms with Crippen LogP contribution in [0.3, 0.4) is 0 Å². The van der Waals surface area contributed by atoms with Crippen LogP contribution in [0.15, 0.2) is 21.6 Å². The van der Waals surface area contributed by atoms with E-state index in [0.29, 0.717) is 24.7 Å². The van der Waals surface area contributed by atoms with Crippen molar-refractivity contribution in [1.82, 2.24) is 15.4 Å². The van der Waals surface area contributed by atoms with E-state index in [9.17, 15) is 8.42 Å². The van der Waals surface area contributed by atoms with Crippen LogP contribution in [0.5, 0.6) is 0 Å². The first-order chi connectivity index (χ1) is 12.9. The van der Waals surface area contributed by atoms with Gasteiger partial charge in [0, 0.05) is 25.9 Å². The summed E-state index contributed by atoms with van der Waals surface area (Å²) in [5.74, 6) is 0.592. The second-order valence-corrected chi connectivity index (χ2v) is 8.25. The van der Waals surface area contributed by atoms with Crippen LogP contribution in [-0.4, -0.2) is 55.9 Å². The van der Waals surface area contributed by atoms with Crippen LogP contribution >= 0.6 is 0 Å². The number of anilines is 2. The topological polar surface area (TPSA) is 120 Å². The molecule has 0 unspecified atom stereocenters. The molecule has 1 spiro atoms. The largest absolute Gasteiger partial charge is 0.360 e. The first kappa shape index (κ1) is 18.1. The number of aromatic nitrogens is 3. The Morgan fingerprint density at radius 2 is 1.81 bits per heavy atom. The lowest BCUT2D eigenvalue weighted by atomic mass is 10.0. The Kier molecular flexibility index (Phi) is 4.52. The number of ether oxygens (including phenoxy) is 2. The molecular weight excluding hydrogens is 374 g/mol. The zero-order chi connectivity index (χ0) is 19.1. The molecule has 0 aliphatic carbocycles. The Morgan fingerprint density at radius 3 is 2.37 bits per heavy atom. The Labute approximate surface area is 156 Å². The molecule has 10 nitrogen and oxygen atoms in total. The summed E-state index contributed by atoms with van der Waals surface area (Å²) >= 11 is 0. The van der Waals surface area contributed by atoms with Gasteiger partial charge < -0.3 is 18.9 Å². The highest BCUT2D eigenvalue weighted by Crippen LogP contribution is 2.32. The Hall–Kier alpha value is -2.24. The Balaban J connectivity index is 1.44. The summed E-state index contributed by atoms with van der Waals surface area (Å²) in [6.07, 6.45) is 1.52. The zero-order valence-corrected chi connectivity index (χ0v) is 16.0. The highest BCUT2D eigenvalue weighted by Gasteiger charge is 2.40. The molecule has 2 aromatic rings. The predicted molar refractivity (Wildman–Crippen MR) is 94.9 cm³/mol. The summed E-state index contributed by atoms with van der Waals surface area (Å²) in [7, 11) is -3.84. The van der Waals surface area contributed by atoms with E-state index in [1.807, 2.05) is 0 Å². The molecular formula is C16H21N5O5S. The van der Waals surface area contributed by atoms with Gasteiger partial charge in [-0.3, -0.25) is 4.72 Å². The monoisotopic (exact) mass is 395 g/mol. The second-order valence-electron chi connectivity index (χ2n) is 6.63. The number of nitrogens with one attached hydrogen (secondary N) is 1. The smallest absolute Gasteiger partial charge is 0.268 e. The average molecular weight is 395 g/mol. The van der Waals surface area contributed by atoms with Gasteiger partial charge in [-0.2, -0.15) is 0 Å². The molecule has 2 fully saturated rings. The molecule has 0 atom stereocenters. The van der Waals surface area contributed by atoms with E-state index in [-0.39, 0.29) is 16.5 Å². The van der Waals surface area contributed by atoms with Gasteiger partial charge in [0.2, 0.25) is 0 Å². The van der Waals surface area contributed by atoms with E-state index in [0.717, 1.165) is 25.9 Å². The normalized spacial score (nSPS) is 19.6. The van der Waals surface area contributed by atoms with Crippen molar-refractivity contribution in [3.63, 3.8) is 0 Å². The van der Waals surface area contributed by atoms with Crippen LogP contribution in [0.25, 0.3) is 0 Å². The van der Waals surface area contributed by atoms with Crippen LogP contribution in [0.1, 0.15) is 24.3 Å². The van der Waals surface area contributed by atoms with E-state index < -0.39 is 15.8 Å². The lowest BCUT2D eigenvalue weighted by Gasteiger charge is -2.37. The standard InChI is InChI=1S/C16H21N5O5S/c1-11-15(12(2)26-19-11)27(22,23)20-13-3-4-14(18-17-13)21-7-5-16(6-8-21)24-9-10-25-16/h3-4H,5-10H2,1-2H3,(H,17,20). The van der Waals surface area contributed by atoms with Gasteiger partial charge in [0.25, 0.3) is 10.0 Å². The molecule has 1 N–H and O–H groups in total. The first-order valence-corrected chi connectivity index (χ1v) is 10.2. The van der Waals surface area contributed by atoms with Gasteiger partial charge in [-0.1, -0.05) is 5.16 Å². The van der Waals surface area contributed by atoms with E-state index in [1.165, 1.54) is 0 Å². The summed E-state index contributed by atoms with van der Waals surface area (Å²) in [5.41, 5.74) is 0.295. The van der Waals surface area contributed by atoms with Crippen molar-refractivity contribution >= 4 is 21.7 Å². The van der Waals surface area contributed by atoms with Crippen molar-refractivity contribution in [2.24, 2.45) is 0 Å². The van der Waals surface area contributed by atoms with E-state index in [2.05, 4.69) is 25.0 Å². The minimum absolute atomic E-state index is 0.0197. The maximum Gasteiger partial charge on any atom is 0.268 e. The van der Waals surface area contributed by atoms with Gasteiger partial charge in [0.1, 0.15) is 5.69 Å². The molecule has 2 aliphatic heterocycles. The fourth-order valence-electron chi connectivity index (χ4n) is 3.46. The third-order valence-electron chi connectivity index (χ3n) is 4.79. The lowest BCUT2D eigenvalue weighted by molar-refractivity contribution is -0.169. The maximum absolute atomic E-state index is 12.5. The van der Waals surface area contributed by atoms with E-state index >= 15 is 0 Å². The van der Waals surface area contributed by atoms with Crippen LogP contribution < -0.4 is 9.62 Å². The van der Waals surface area contributed by atoms with Crippen LogP contribution in [0.2, 0.25) is 0 Å². The fraction of sp³-hybridized carbons (Fsp3) is 0.562. The first-order valence-electron chi connectivity index (χ1n) is 8.71. The van der Waals surface area contributed by atoms with Crippen molar-refractivity contribution in [3.05, 3.63) is 23.6 Å². The summed E-state index contributed by atoms with van der Waals surface area (Å²) in [6.45, 7) is 5.86. The molecule has 27 heavy (non-hydrogen) atoms. The predicted octanol–water partition coefficient (Wildman–Crippen LogP) is 1.23. The van der Waals surface area contributed by atoms with Crippen molar-refractivity contribution in [3.8, 4) is 0 Å². The van der Waals surface area contributed by atoms with E-state index in [4.69, 9.17) is 14.0 Å². The SMILES string of the molecule is Cc1noc(C)c1S(=O)(=O)Nc1ccc(N2CCC3(CC2)OCCO3)nn1. The quantitative estimate of drug-likeness (QED) is 0.815. The van der Waals surface area contributed by atoms with Crippen LogP contribution in [0.4, 0.5) is 11.6 Å². The second kappa shape index (κ2) is 6.73. The molecule has 0 amide bonds. The van der Waals surface area contributed by atoms with Crippen LogP contribution in [-0.2, 0) is 19.5 Å². The fourth-order valence-corrected chi connectivity index (χ4v) is 4.79. The molecule has 4 rings (SSSR count). The number of aryl methyl sites for hydroxylation is 2. The molecule has 2 aromatic heterocycles. The molecule has 0 saturated carbocycles. The number of piperidine rings is 1. The Bertz CT molecular complexity index is 892. The van der Waals surface area contributed by atoms with Gasteiger partial charge in [0.15, 0.2) is 28.1 Å². The van der Waals surface area contributed by atoms with Gasteiger partial charge in [-0.15, -0.1) is 10.2 Å². The molecule has 4 heterocycles. The molecule has 11 heteroatoms. The summed E-state index contributed by atoms with van der Waals surface area (Å²) < 4.78 is 43.8. The zero-order valence-electron chi connectivity index (χ0n) is 15.1. The van der Waals surface area contributed by atoms with Crippen molar-refractivity contribution in [1.29, 1.82) is 0 Å². The van der Waals surface area contributed by atoms with Gasteiger partial charge >= 0.3 is 0 Å². The summed E-state index contributed by atoms with van der Waals surface area (Å²) in [6, 6.07) is 3.33. The minimum Gasteiger partial charge on any atom is -0.360 e. The summed E-state index contributed by atoms with van der Waals surface area (Å²) in [4.78, 5) is 2.10. The third kappa shape index (κ3) is 3.49. The lowest BCUT2D eigenvalue weighted by Crippen LogP contribution is -2.45. The van der Waals surface area contributed by atoms with E-state index in [1.54, 1.807) is 26.0 Å². The number of rotatable bonds is 4. The molecule has 0 radical (unpaired) electrons. The molecule has 2 saturated heterocycles. The molecule has 2 aliphatic rings. The number of hydrogen-bond donors (Lipinski definition) is 1. The van der Waals surface area contributed by atoms with Crippen molar-refractivity contribution in [2.75, 3.05) is 35.9 Å².